The minimum absolute atomic E-state index is 0.396. The van der Waals surface area contributed by atoms with Crippen LogP contribution >= 0.6 is 0 Å². The van der Waals surface area contributed by atoms with Gasteiger partial charge in [0, 0.05) is 11.8 Å². The summed E-state index contributed by atoms with van der Waals surface area (Å²) in [5.74, 6) is 0.805. The fourth-order valence-corrected chi connectivity index (χ4v) is 2.22. The number of aromatic nitrogens is 1. The highest BCUT2D eigenvalue weighted by Crippen LogP contribution is 2.22. The zero-order valence-corrected chi connectivity index (χ0v) is 13.6. The molecule has 1 aliphatic rings. The van der Waals surface area contributed by atoms with E-state index in [2.05, 4.69) is 18.0 Å². The second-order valence-electron chi connectivity index (χ2n) is 4.50. The number of rotatable bonds is 2. The van der Waals surface area contributed by atoms with Gasteiger partial charge in [-0.15, -0.1) is 0 Å². The van der Waals surface area contributed by atoms with Gasteiger partial charge in [-0.2, -0.15) is 0 Å². The third-order valence-electron chi connectivity index (χ3n) is 2.91. The van der Waals surface area contributed by atoms with Crippen LogP contribution in [0.4, 0.5) is 0 Å². The average molecular weight is 265 g/mol. The molecule has 0 spiro atoms. The quantitative estimate of drug-likeness (QED) is 0.708. The summed E-state index contributed by atoms with van der Waals surface area (Å²) in [5.41, 5.74) is 2.27. The van der Waals surface area contributed by atoms with Gasteiger partial charge in [0.15, 0.2) is 0 Å². The summed E-state index contributed by atoms with van der Waals surface area (Å²) in [7, 11) is 0. The molecule has 0 saturated heterocycles. The van der Waals surface area contributed by atoms with Crippen molar-refractivity contribution in [3.8, 4) is 5.88 Å². The van der Waals surface area contributed by atoms with Crippen molar-refractivity contribution in [2.75, 3.05) is 0 Å². The molecule has 1 aromatic rings. The van der Waals surface area contributed by atoms with Gasteiger partial charge in [-0.25, -0.2) is 4.98 Å². The van der Waals surface area contributed by atoms with Gasteiger partial charge in [-0.1, -0.05) is 34.1 Å². The van der Waals surface area contributed by atoms with E-state index in [-0.39, 0.29) is 0 Å². The number of hydrogen-bond acceptors (Lipinski definition) is 2. The molecule has 0 aliphatic heterocycles. The van der Waals surface area contributed by atoms with Crippen LogP contribution < -0.4 is 4.74 Å². The number of pyridine rings is 1. The fraction of sp³-hybridized carbons (Fsp3) is 0.706. The Morgan fingerprint density at radius 2 is 1.53 bits per heavy atom. The molecule has 0 N–H and O–H groups in total. The van der Waals surface area contributed by atoms with E-state index < -0.39 is 0 Å². The summed E-state index contributed by atoms with van der Waals surface area (Å²) in [6.45, 7) is 12.1. The number of aryl methyl sites for hydroxylation is 2. The predicted molar refractivity (Wildman–Crippen MR) is 83.9 cm³/mol. The van der Waals surface area contributed by atoms with Gasteiger partial charge in [0.25, 0.3) is 0 Å². The van der Waals surface area contributed by atoms with E-state index >= 15 is 0 Å². The van der Waals surface area contributed by atoms with Gasteiger partial charge < -0.3 is 4.74 Å². The van der Waals surface area contributed by atoms with Gasteiger partial charge in [0.05, 0.1) is 0 Å². The molecule has 1 fully saturated rings. The van der Waals surface area contributed by atoms with Crippen LogP contribution in [0.5, 0.6) is 5.88 Å². The minimum Gasteiger partial charge on any atom is -0.474 e. The lowest BCUT2D eigenvalue weighted by atomic mass is 9.98. The second-order valence-corrected chi connectivity index (χ2v) is 4.50. The molecule has 0 atom stereocenters. The summed E-state index contributed by atoms with van der Waals surface area (Å²) in [6.07, 6.45) is 6.74. The van der Waals surface area contributed by atoms with Gasteiger partial charge in [-0.05, 0) is 51.2 Å². The molecular weight excluding hydrogens is 234 g/mol. The Hall–Kier alpha value is -1.05. The van der Waals surface area contributed by atoms with E-state index in [0.717, 1.165) is 11.6 Å². The molecule has 2 heteroatoms. The summed E-state index contributed by atoms with van der Waals surface area (Å²) >= 11 is 0. The molecule has 1 aliphatic carbocycles. The van der Waals surface area contributed by atoms with E-state index in [1.807, 2.05) is 40.7 Å². The summed E-state index contributed by atoms with van der Waals surface area (Å²) in [5, 5.41) is 0. The molecule has 110 valence electrons. The average Bonchev–Trinajstić information content (AvgIpc) is 2.43. The van der Waals surface area contributed by atoms with E-state index in [9.17, 15) is 0 Å². The van der Waals surface area contributed by atoms with Crippen molar-refractivity contribution in [3.63, 3.8) is 0 Å². The molecule has 2 nitrogen and oxygen atoms in total. The first-order chi connectivity index (χ1) is 9.24. The molecule has 1 aromatic heterocycles. The first kappa shape index (κ1) is 17.9. The highest BCUT2D eigenvalue weighted by atomic mass is 16.5. The Morgan fingerprint density at radius 3 is 2.05 bits per heavy atom. The van der Waals surface area contributed by atoms with Crippen molar-refractivity contribution in [2.45, 2.75) is 79.8 Å². The van der Waals surface area contributed by atoms with Gasteiger partial charge in [-0.3, -0.25) is 0 Å². The van der Waals surface area contributed by atoms with E-state index in [4.69, 9.17) is 4.74 Å². The Bertz CT molecular complexity index is 310. The van der Waals surface area contributed by atoms with E-state index in [1.54, 1.807) is 0 Å². The lowest BCUT2D eigenvalue weighted by Gasteiger charge is -2.22. The van der Waals surface area contributed by atoms with Crippen LogP contribution in [-0.4, -0.2) is 11.1 Å². The van der Waals surface area contributed by atoms with Gasteiger partial charge >= 0.3 is 0 Å². The van der Waals surface area contributed by atoms with Crippen LogP contribution in [0.1, 0.15) is 71.1 Å². The van der Waals surface area contributed by atoms with Crippen LogP contribution in [0.2, 0.25) is 0 Å². The van der Waals surface area contributed by atoms with E-state index in [1.165, 1.54) is 37.7 Å². The minimum atomic E-state index is 0.396. The fourth-order valence-electron chi connectivity index (χ4n) is 2.22. The first-order valence-corrected chi connectivity index (χ1v) is 7.86. The molecule has 2 rings (SSSR count). The molecule has 0 unspecified atom stereocenters. The topological polar surface area (TPSA) is 22.1 Å². The molecule has 1 saturated carbocycles. The normalized spacial score (nSPS) is 14.6. The van der Waals surface area contributed by atoms with Crippen LogP contribution in [0.15, 0.2) is 12.1 Å². The second kappa shape index (κ2) is 10.8. The van der Waals surface area contributed by atoms with Crippen molar-refractivity contribution < 1.29 is 4.74 Å². The van der Waals surface area contributed by atoms with Gasteiger partial charge in [0.2, 0.25) is 5.88 Å². The zero-order chi connectivity index (χ0) is 14.7. The van der Waals surface area contributed by atoms with Crippen molar-refractivity contribution in [3.05, 3.63) is 23.4 Å². The maximum absolute atomic E-state index is 5.91. The van der Waals surface area contributed by atoms with Crippen LogP contribution in [0.3, 0.4) is 0 Å². The van der Waals surface area contributed by atoms with Crippen LogP contribution in [0.25, 0.3) is 0 Å². The Morgan fingerprint density at radius 1 is 0.947 bits per heavy atom. The lowest BCUT2D eigenvalue weighted by molar-refractivity contribution is 0.148. The molecular formula is C17H31NO. The largest absolute Gasteiger partial charge is 0.474 e. The maximum Gasteiger partial charge on any atom is 0.213 e. The molecule has 0 amide bonds. The molecule has 19 heavy (non-hydrogen) atoms. The highest BCUT2D eigenvalue weighted by molar-refractivity contribution is 5.23. The first-order valence-electron chi connectivity index (χ1n) is 7.86. The smallest absolute Gasteiger partial charge is 0.213 e. The summed E-state index contributed by atoms with van der Waals surface area (Å²) < 4.78 is 5.91. The molecule has 0 radical (unpaired) electrons. The molecule has 0 aromatic carbocycles. The maximum atomic E-state index is 5.91. The third-order valence-corrected chi connectivity index (χ3v) is 2.91. The standard InChI is InChI=1S/C13H19NO.2C2H6/c1-10-8-11(2)14-13(9-10)15-12-6-4-3-5-7-12;2*1-2/h8-9,12H,3-7H2,1-2H3;2*1-2H3. The number of ether oxygens (including phenoxy) is 1. The SMILES string of the molecule is CC.CC.Cc1cc(C)nc(OC2CCCCC2)c1. The zero-order valence-electron chi connectivity index (χ0n) is 13.6. The van der Waals surface area contributed by atoms with Crippen molar-refractivity contribution in [1.82, 2.24) is 4.98 Å². The Balaban J connectivity index is 0.000000741. The number of hydrogen-bond donors (Lipinski definition) is 0. The van der Waals surface area contributed by atoms with Crippen molar-refractivity contribution in [1.29, 1.82) is 0 Å². The lowest BCUT2D eigenvalue weighted by Crippen LogP contribution is -2.20. The molecule has 0 bridgehead atoms. The monoisotopic (exact) mass is 265 g/mol. The van der Waals surface area contributed by atoms with Crippen molar-refractivity contribution in [2.24, 2.45) is 0 Å². The Labute approximate surface area is 119 Å². The third kappa shape index (κ3) is 7.19. The summed E-state index contributed by atoms with van der Waals surface area (Å²) in [4.78, 5) is 4.41. The Kier molecular flexibility index (Phi) is 10.2. The van der Waals surface area contributed by atoms with E-state index in [0.29, 0.717) is 6.10 Å². The molecule has 1 heterocycles. The van der Waals surface area contributed by atoms with Gasteiger partial charge in [0.1, 0.15) is 6.10 Å². The number of nitrogens with zero attached hydrogens (tertiary/aromatic N) is 1. The highest BCUT2D eigenvalue weighted by Gasteiger charge is 2.15. The van der Waals surface area contributed by atoms with Crippen molar-refractivity contribution >= 4 is 0 Å². The van der Waals surface area contributed by atoms with Crippen LogP contribution in [-0.2, 0) is 0 Å². The summed E-state index contributed by atoms with van der Waals surface area (Å²) in [6, 6.07) is 4.11. The van der Waals surface area contributed by atoms with Crippen LogP contribution in [0, 0.1) is 13.8 Å². The predicted octanol–water partition coefficient (Wildman–Crippen LogP) is 5.46.